The Morgan fingerprint density at radius 1 is 1.47 bits per heavy atom. The molecule has 0 fully saturated rings. The first-order valence-electron chi connectivity index (χ1n) is 4.47. The van der Waals surface area contributed by atoms with E-state index in [0.717, 1.165) is 20.1 Å². The summed E-state index contributed by atoms with van der Waals surface area (Å²) >= 11 is 5.00. The first-order chi connectivity index (χ1) is 7.31. The van der Waals surface area contributed by atoms with Crippen molar-refractivity contribution in [2.24, 2.45) is 0 Å². The van der Waals surface area contributed by atoms with E-state index in [9.17, 15) is 0 Å². The number of thiazole rings is 1. The van der Waals surface area contributed by atoms with Crippen LogP contribution in [0.5, 0.6) is 0 Å². The summed E-state index contributed by atoms with van der Waals surface area (Å²) in [6.45, 7) is 0.120. The second-order valence-electron chi connectivity index (χ2n) is 2.95. The Morgan fingerprint density at radius 3 is 3.00 bits per heavy atom. The molecule has 0 aromatic carbocycles. The van der Waals surface area contributed by atoms with Crippen molar-refractivity contribution in [2.45, 2.75) is 6.42 Å². The molecule has 1 N–H and O–H groups in total. The number of pyridine rings is 1. The Kier molecular flexibility index (Phi) is 3.45. The van der Waals surface area contributed by atoms with Crippen LogP contribution in [0.1, 0.15) is 5.69 Å². The van der Waals surface area contributed by atoms with Crippen LogP contribution in [0.15, 0.2) is 28.3 Å². The van der Waals surface area contributed by atoms with Crippen LogP contribution in [0.2, 0.25) is 0 Å². The van der Waals surface area contributed by atoms with Crippen molar-refractivity contribution in [3.63, 3.8) is 0 Å². The van der Waals surface area contributed by atoms with Crippen LogP contribution < -0.4 is 0 Å². The van der Waals surface area contributed by atoms with Gasteiger partial charge in [0.05, 0.1) is 9.48 Å². The summed E-state index contributed by atoms with van der Waals surface area (Å²) in [6, 6.07) is 3.86. The third kappa shape index (κ3) is 2.42. The summed E-state index contributed by atoms with van der Waals surface area (Å²) in [5.74, 6) is 0. The summed E-state index contributed by atoms with van der Waals surface area (Å²) in [4.78, 5) is 8.49. The van der Waals surface area contributed by atoms with Crippen molar-refractivity contribution in [1.82, 2.24) is 9.97 Å². The Labute approximate surface area is 100.0 Å². The van der Waals surface area contributed by atoms with Crippen molar-refractivity contribution < 1.29 is 5.11 Å². The van der Waals surface area contributed by atoms with Gasteiger partial charge in [-0.2, -0.15) is 0 Å². The Bertz CT molecular complexity index is 444. The van der Waals surface area contributed by atoms with Crippen molar-refractivity contribution in [2.75, 3.05) is 6.61 Å². The zero-order chi connectivity index (χ0) is 10.7. The summed E-state index contributed by atoms with van der Waals surface area (Å²) in [7, 11) is 0. The number of aromatic nitrogens is 2. The molecule has 0 unspecified atom stereocenters. The molecule has 0 atom stereocenters. The normalized spacial score (nSPS) is 10.5. The topological polar surface area (TPSA) is 46.0 Å². The summed E-state index contributed by atoms with van der Waals surface area (Å²) in [5.41, 5.74) is 1.91. The molecule has 2 aromatic heterocycles. The lowest BCUT2D eigenvalue weighted by atomic mass is 10.3. The van der Waals surface area contributed by atoms with E-state index in [-0.39, 0.29) is 6.61 Å². The fourth-order valence-electron chi connectivity index (χ4n) is 1.21. The fraction of sp³-hybridized carbons (Fsp3) is 0.200. The lowest BCUT2D eigenvalue weighted by Gasteiger charge is -1.93. The Morgan fingerprint density at radius 2 is 2.33 bits per heavy atom. The van der Waals surface area contributed by atoms with E-state index < -0.39 is 0 Å². The van der Waals surface area contributed by atoms with Gasteiger partial charge in [-0.15, -0.1) is 11.3 Å². The predicted molar refractivity (Wildman–Crippen MR) is 63.8 cm³/mol. The molecule has 0 spiro atoms. The van der Waals surface area contributed by atoms with Gasteiger partial charge in [-0.05, 0) is 28.1 Å². The van der Waals surface area contributed by atoms with Gasteiger partial charge in [0.2, 0.25) is 0 Å². The van der Waals surface area contributed by atoms with Gasteiger partial charge in [0.25, 0.3) is 0 Å². The minimum absolute atomic E-state index is 0.120. The van der Waals surface area contributed by atoms with Gasteiger partial charge >= 0.3 is 0 Å². The maximum Gasteiger partial charge on any atom is 0.126 e. The number of rotatable bonds is 3. The zero-order valence-electron chi connectivity index (χ0n) is 7.85. The molecule has 0 amide bonds. The third-order valence-corrected chi connectivity index (χ3v) is 3.79. The van der Waals surface area contributed by atoms with Crippen LogP contribution in [0.4, 0.5) is 0 Å². The van der Waals surface area contributed by atoms with Crippen LogP contribution in [-0.2, 0) is 6.42 Å². The molecule has 0 radical (unpaired) electrons. The molecule has 0 aliphatic heterocycles. The maximum absolute atomic E-state index is 8.86. The smallest absolute Gasteiger partial charge is 0.126 e. The number of nitrogens with zero attached hydrogens (tertiary/aromatic N) is 2. The number of hydrogen-bond acceptors (Lipinski definition) is 4. The van der Waals surface area contributed by atoms with Crippen molar-refractivity contribution in [3.05, 3.63) is 34.0 Å². The number of hydrogen-bond donors (Lipinski definition) is 1. The van der Waals surface area contributed by atoms with E-state index in [0.29, 0.717) is 6.42 Å². The summed E-state index contributed by atoms with van der Waals surface area (Å²) in [6.07, 6.45) is 4.10. The highest BCUT2D eigenvalue weighted by Gasteiger charge is 2.09. The highest BCUT2D eigenvalue weighted by molar-refractivity contribution is 9.11. The molecule has 0 saturated carbocycles. The molecule has 0 aliphatic carbocycles. The largest absolute Gasteiger partial charge is 0.396 e. The van der Waals surface area contributed by atoms with Crippen LogP contribution in [0.3, 0.4) is 0 Å². The average Bonchev–Trinajstić information content (AvgIpc) is 2.63. The fourth-order valence-corrected chi connectivity index (χ4v) is 2.78. The minimum Gasteiger partial charge on any atom is -0.396 e. The van der Waals surface area contributed by atoms with E-state index in [1.54, 1.807) is 23.7 Å². The highest BCUT2D eigenvalue weighted by Crippen LogP contribution is 2.31. The van der Waals surface area contributed by atoms with E-state index in [2.05, 4.69) is 25.9 Å². The van der Waals surface area contributed by atoms with Gasteiger partial charge in [-0.25, -0.2) is 4.98 Å². The van der Waals surface area contributed by atoms with E-state index in [1.165, 1.54) is 0 Å². The van der Waals surface area contributed by atoms with Gasteiger partial charge in [0, 0.05) is 31.0 Å². The monoisotopic (exact) mass is 284 g/mol. The van der Waals surface area contributed by atoms with Crippen LogP contribution >= 0.6 is 27.3 Å². The number of aliphatic hydroxyl groups is 1. The zero-order valence-corrected chi connectivity index (χ0v) is 10.3. The maximum atomic E-state index is 8.86. The Balaban J connectivity index is 2.34. The standard InChI is InChI=1S/C10H9BrN2OS/c11-9-8(3-5-14)13-10(15-9)7-2-1-4-12-6-7/h1-2,4,6,14H,3,5H2. The van der Waals surface area contributed by atoms with Crippen LogP contribution in [0, 0.1) is 0 Å². The lowest BCUT2D eigenvalue weighted by molar-refractivity contribution is 0.298. The van der Waals surface area contributed by atoms with Gasteiger partial charge in [-0.3, -0.25) is 4.98 Å². The van der Waals surface area contributed by atoms with E-state index in [4.69, 9.17) is 5.11 Å². The SMILES string of the molecule is OCCc1nc(-c2cccnc2)sc1Br. The molecular weight excluding hydrogens is 276 g/mol. The summed E-state index contributed by atoms with van der Waals surface area (Å²) in [5, 5.41) is 9.78. The molecule has 0 saturated heterocycles. The second-order valence-corrected chi connectivity index (χ2v) is 5.27. The molecule has 78 valence electrons. The van der Waals surface area contributed by atoms with Crippen molar-refractivity contribution in [1.29, 1.82) is 0 Å². The molecule has 15 heavy (non-hydrogen) atoms. The molecular formula is C10H9BrN2OS. The summed E-state index contributed by atoms with van der Waals surface area (Å²) < 4.78 is 0.982. The minimum atomic E-state index is 0.120. The molecule has 3 nitrogen and oxygen atoms in total. The van der Waals surface area contributed by atoms with Gasteiger partial charge in [-0.1, -0.05) is 0 Å². The molecule has 5 heteroatoms. The highest BCUT2D eigenvalue weighted by atomic mass is 79.9. The van der Waals surface area contributed by atoms with Crippen molar-refractivity contribution in [3.8, 4) is 10.6 Å². The average molecular weight is 285 g/mol. The van der Waals surface area contributed by atoms with Crippen molar-refractivity contribution >= 4 is 27.3 Å². The van der Waals surface area contributed by atoms with Crippen LogP contribution in [-0.4, -0.2) is 21.7 Å². The second kappa shape index (κ2) is 4.83. The van der Waals surface area contributed by atoms with Gasteiger partial charge < -0.3 is 5.11 Å². The lowest BCUT2D eigenvalue weighted by Crippen LogP contribution is -1.91. The third-order valence-electron chi connectivity index (χ3n) is 1.91. The van der Waals surface area contributed by atoms with E-state index in [1.807, 2.05) is 12.1 Å². The van der Waals surface area contributed by atoms with E-state index >= 15 is 0 Å². The van der Waals surface area contributed by atoms with Gasteiger partial charge in [0.15, 0.2) is 0 Å². The number of halogens is 1. The molecule has 0 bridgehead atoms. The van der Waals surface area contributed by atoms with Crippen LogP contribution in [0.25, 0.3) is 10.6 Å². The Hall–Kier alpha value is -0.780. The first-order valence-corrected chi connectivity index (χ1v) is 6.08. The quantitative estimate of drug-likeness (QED) is 0.942. The predicted octanol–water partition coefficient (Wildman–Crippen LogP) is 2.50. The molecule has 2 rings (SSSR count). The first kappa shape index (κ1) is 10.7. The van der Waals surface area contributed by atoms with Gasteiger partial charge in [0.1, 0.15) is 5.01 Å². The molecule has 2 heterocycles. The molecule has 2 aromatic rings. The molecule has 0 aliphatic rings. The number of aliphatic hydroxyl groups excluding tert-OH is 1.